The largest absolute Gasteiger partial charge is 0.481 e. The van der Waals surface area contributed by atoms with Crippen LogP contribution < -0.4 is 9.64 Å². The minimum Gasteiger partial charge on any atom is -0.481 e. The number of hydrogen-bond donors (Lipinski definition) is 0. The van der Waals surface area contributed by atoms with Crippen molar-refractivity contribution in [2.24, 2.45) is 0 Å². The Hall–Kier alpha value is -1.24. The van der Waals surface area contributed by atoms with Crippen LogP contribution in [0.4, 0.5) is 19.0 Å². The molecule has 0 aromatic carbocycles. The SMILES string of the molecule is COc1ncnc(N(CCCl)CC(F)(F)F)c1C. The predicted octanol–water partition coefficient (Wildman–Crippen LogP) is 2.40. The second kappa shape index (κ2) is 6.08. The fourth-order valence-corrected chi connectivity index (χ4v) is 1.73. The molecule has 8 heteroatoms. The third kappa shape index (κ3) is 3.90. The fraction of sp³-hybridized carbons (Fsp3) is 0.600. The molecule has 0 aliphatic rings. The van der Waals surface area contributed by atoms with Gasteiger partial charge in [-0.3, -0.25) is 0 Å². The number of alkyl halides is 4. The third-order valence-corrected chi connectivity index (χ3v) is 2.40. The van der Waals surface area contributed by atoms with Crippen LogP contribution in [0.15, 0.2) is 6.33 Å². The molecule has 1 heterocycles. The van der Waals surface area contributed by atoms with E-state index in [0.29, 0.717) is 5.56 Å². The van der Waals surface area contributed by atoms with Crippen LogP contribution in [0.3, 0.4) is 0 Å². The maximum atomic E-state index is 12.5. The van der Waals surface area contributed by atoms with Crippen LogP contribution in [0.2, 0.25) is 0 Å². The molecule has 0 bridgehead atoms. The van der Waals surface area contributed by atoms with Gasteiger partial charge < -0.3 is 9.64 Å². The van der Waals surface area contributed by atoms with Crippen molar-refractivity contribution in [2.45, 2.75) is 13.1 Å². The number of aromatic nitrogens is 2. The highest BCUT2D eigenvalue weighted by atomic mass is 35.5. The normalized spacial score (nSPS) is 11.4. The van der Waals surface area contributed by atoms with Crippen LogP contribution in [0.1, 0.15) is 5.56 Å². The van der Waals surface area contributed by atoms with Crippen molar-refractivity contribution in [3.8, 4) is 5.88 Å². The van der Waals surface area contributed by atoms with Gasteiger partial charge in [0.05, 0.1) is 12.7 Å². The van der Waals surface area contributed by atoms with Gasteiger partial charge in [-0.25, -0.2) is 9.97 Å². The molecule has 0 aliphatic heterocycles. The smallest absolute Gasteiger partial charge is 0.405 e. The van der Waals surface area contributed by atoms with Gasteiger partial charge in [0.25, 0.3) is 0 Å². The Kier molecular flexibility index (Phi) is 5.01. The molecule has 0 radical (unpaired) electrons. The number of halogens is 4. The van der Waals surface area contributed by atoms with Gasteiger partial charge in [0.15, 0.2) is 0 Å². The number of hydrogen-bond acceptors (Lipinski definition) is 4. The predicted molar refractivity (Wildman–Crippen MR) is 62.3 cm³/mol. The average Bonchev–Trinajstić information content (AvgIpc) is 2.27. The number of ether oxygens (including phenoxy) is 1. The molecule has 102 valence electrons. The summed E-state index contributed by atoms with van der Waals surface area (Å²) in [5.41, 5.74) is 0.453. The van der Waals surface area contributed by atoms with Crippen molar-refractivity contribution in [1.29, 1.82) is 0 Å². The molecule has 18 heavy (non-hydrogen) atoms. The molecule has 0 spiro atoms. The summed E-state index contributed by atoms with van der Waals surface area (Å²) < 4.78 is 42.4. The molecule has 1 aromatic rings. The Balaban J connectivity index is 3.05. The lowest BCUT2D eigenvalue weighted by Gasteiger charge is -2.25. The van der Waals surface area contributed by atoms with Crippen LogP contribution in [0, 0.1) is 6.92 Å². The Bertz CT molecular complexity index is 400. The van der Waals surface area contributed by atoms with Gasteiger partial charge >= 0.3 is 6.18 Å². The molecule has 0 aliphatic carbocycles. The van der Waals surface area contributed by atoms with Gasteiger partial charge in [-0.15, -0.1) is 11.6 Å². The Labute approximate surface area is 108 Å². The zero-order valence-corrected chi connectivity index (χ0v) is 10.7. The number of nitrogens with zero attached hydrogens (tertiary/aromatic N) is 3. The van der Waals surface area contributed by atoms with Gasteiger partial charge in [-0.2, -0.15) is 13.2 Å². The lowest BCUT2D eigenvalue weighted by molar-refractivity contribution is -0.119. The topological polar surface area (TPSA) is 38.3 Å². The van der Waals surface area contributed by atoms with E-state index in [0.717, 1.165) is 4.90 Å². The zero-order chi connectivity index (χ0) is 13.8. The molecule has 0 amide bonds. The quantitative estimate of drug-likeness (QED) is 0.778. The first-order chi connectivity index (χ1) is 8.39. The van der Waals surface area contributed by atoms with Gasteiger partial charge in [0, 0.05) is 12.4 Å². The lowest BCUT2D eigenvalue weighted by atomic mass is 10.3. The molecule has 1 aromatic heterocycles. The first-order valence-electron chi connectivity index (χ1n) is 5.12. The van der Waals surface area contributed by atoms with E-state index >= 15 is 0 Å². The molecule has 0 saturated carbocycles. The van der Waals surface area contributed by atoms with Gasteiger partial charge in [0.2, 0.25) is 5.88 Å². The van der Waals surface area contributed by atoms with Crippen molar-refractivity contribution in [2.75, 3.05) is 31.0 Å². The van der Waals surface area contributed by atoms with Crippen molar-refractivity contribution >= 4 is 17.4 Å². The minimum absolute atomic E-state index is 0.0437. The molecule has 0 atom stereocenters. The summed E-state index contributed by atoms with van der Waals surface area (Å²) in [5, 5.41) is 0. The maximum absolute atomic E-state index is 12.5. The van der Waals surface area contributed by atoms with Crippen molar-refractivity contribution in [3.63, 3.8) is 0 Å². The molecule has 4 nitrogen and oxygen atoms in total. The van der Waals surface area contributed by atoms with Crippen LogP contribution in [-0.4, -0.2) is 42.2 Å². The fourth-order valence-electron chi connectivity index (χ4n) is 1.53. The first kappa shape index (κ1) is 14.8. The molecule has 0 saturated heterocycles. The third-order valence-electron chi connectivity index (χ3n) is 2.23. The van der Waals surface area contributed by atoms with Crippen molar-refractivity contribution in [3.05, 3.63) is 11.9 Å². The van der Waals surface area contributed by atoms with Gasteiger partial charge in [0.1, 0.15) is 18.7 Å². The summed E-state index contributed by atoms with van der Waals surface area (Å²) in [5.74, 6) is 0.503. The van der Waals surface area contributed by atoms with Crippen LogP contribution >= 0.6 is 11.6 Å². The van der Waals surface area contributed by atoms with Crippen molar-refractivity contribution < 1.29 is 17.9 Å². The Morgan fingerprint density at radius 2 is 2.06 bits per heavy atom. The molecule has 1 rings (SSSR count). The molecule has 0 fully saturated rings. The van der Waals surface area contributed by atoms with E-state index in [9.17, 15) is 13.2 Å². The van der Waals surface area contributed by atoms with Gasteiger partial charge in [-0.05, 0) is 6.92 Å². The minimum atomic E-state index is -4.32. The first-order valence-corrected chi connectivity index (χ1v) is 5.65. The monoisotopic (exact) mass is 283 g/mol. The summed E-state index contributed by atoms with van der Waals surface area (Å²) >= 11 is 5.52. The number of rotatable bonds is 5. The molecule has 0 N–H and O–H groups in total. The van der Waals surface area contributed by atoms with E-state index in [1.165, 1.54) is 13.4 Å². The summed E-state index contributed by atoms with van der Waals surface area (Å²) in [7, 11) is 1.40. The second-order valence-corrected chi connectivity index (χ2v) is 3.94. The highest BCUT2D eigenvalue weighted by Crippen LogP contribution is 2.26. The highest BCUT2D eigenvalue weighted by Gasteiger charge is 2.32. The standard InChI is InChI=1S/C10H13ClF3N3O/c1-7-8(15-6-16-9(7)18-2)17(4-3-11)5-10(12,13)14/h6H,3-5H2,1-2H3. The molecular weight excluding hydrogens is 271 g/mol. The summed E-state index contributed by atoms with van der Waals surface area (Å²) in [6, 6.07) is 0. The molecule has 0 unspecified atom stereocenters. The van der Waals surface area contributed by atoms with Gasteiger partial charge in [-0.1, -0.05) is 0 Å². The number of anilines is 1. The van der Waals surface area contributed by atoms with Crippen LogP contribution in [0.25, 0.3) is 0 Å². The lowest BCUT2D eigenvalue weighted by Crippen LogP contribution is -2.36. The Morgan fingerprint density at radius 1 is 1.39 bits per heavy atom. The van der Waals surface area contributed by atoms with E-state index in [-0.39, 0.29) is 24.1 Å². The zero-order valence-electron chi connectivity index (χ0n) is 9.96. The maximum Gasteiger partial charge on any atom is 0.405 e. The van der Waals surface area contributed by atoms with E-state index in [1.54, 1.807) is 6.92 Å². The average molecular weight is 284 g/mol. The second-order valence-electron chi connectivity index (χ2n) is 3.56. The summed E-state index contributed by atoms with van der Waals surface area (Å²) in [4.78, 5) is 8.75. The van der Waals surface area contributed by atoms with Crippen LogP contribution in [0.5, 0.6) is 5.88 Å². The van der Waals surface area contributed by atoms with E-state index in [4.69, 9.17) is 16.3 Å². The molecular formula is C10H13ClF3N3O. The highest BCUT2D eigenvalue weighted by molar-refractivity contribution is 6.18. The Morgan fingerprint density at radius 3 is 2.56 bits per heavy atom. The van der Waals surface area contributed by atoms with E-state index in [2.05, 4.69) is 9.97 Å². The van der Waals surface area contributed by atoms with E-state index in [1.807, 2.05) is 0 Å². The number of methoxy groups -OCH3 is 1. The summed E-state index contributed by atoms with van der Waals surface area (Å²) in [6.45, 7) is 0.536. The van der Waals surface area contributed by atoms with E-state index < -0.39 is 12.7 Å². The van der Waals surface area contributed by atoms with Crippen molar-refractivity contribution in [1.82, 2.24) is 9.97 Å². The summed E-state index contributed by atoms with van der Waals surface area (Å²) in [6.07, 6.45) is -3.16. The van der Waals surface area contributed by atoms with Crippen LogP contribution in [-0.2, 0) is 0 Å².